The van der Waals surface area contributed by atoms with Crippen molar-refractivity contribution in [1.82, 2.24) is 10.2 Å². The third-order valence-corrected chi connectivity index (χ3v) is 6.20. The van der Waals surface area contributed by atoms with Gasteiger partial charge in [0, 0.05) is 6.54 Å². The highest BCUT2D eigenvalue weighted by atomic mass is 32.2. The van der Waals surface area contributed by atoms with Crippen LogP contribution in [-0.4, -0.2) is 43.6 Å². The molecular weight excluding hydrogens is 382 g/mol. The van der Waals surface area contributed by atoms with Gasteiger partial charge in [0.05, 0.1) is 16.7 Å². The molecule has 3 amide bonds. The van der Waals surface area contributed by atoms with Gasteiger partial charge in [-0.2, -0.15) is 0 Å². The maximum absolute atomic E-state index is 12.5. The van der Waals surface area contributed by atoms with Crippen LogP contribution in [0, 0.1) is 11.8 Å². The molecule has 1 saturated heterocycles. The number of likely N-dealkylation sites (tertiary alicyclic amines) is 1. The van der Waals surface area contributed by atoms with Crippen molar-refractivity contribution >= 4 is 27.7 Å². The average Bonchev–Trinajstić information content (AvgIpc) is 2.92. The van der Waals surface area contributed by atoms with Gasteiger partial charge in [-0.1, -0.05) is 24.3 Å². The SMILES string of the molecule is C[C@@H](C(=O)NCCc1ccc(S(N)(=O)=O)cc1)N1C(=O)C2CC=CCC2C1=O. The minimum Gasteiger partial charge on any atom is -0.354 e. The maximum atomic E-state index is 12.5. The first-order valence-corrected chi connectivity index (χ1v) is 10.7. The fraction of sp³-hybridized carbons (Fsp3) is 0.421. The molecule has 0 spiro atoms. The Morgan fingerprint density at radius 2 is 1.68 bits per heavy atom. The predicted molar refractivity (Wildman–Crippen MR) is 101 cm³/mol. The van der Waals surface area contributed by atoms with Crippen molar-refractivity contribution in [2.45, 2.75) is 37.1 Å². The summed E-state index contributed by atoms with van der Waals surface area (Å²) in [6, 6.07) is 5.20. The van der Waals surface area contributed by atoms with Gasteiger partial charge in [0.25, 0.3) is 0 Å². The van der Waals surface area contributed by atoms with Crippen LogP contribution in [0.2, 0.25) is 0 Å². The average molecular weight is 405 g/mol. The number of nitrogens with one attached hydrogen (secondary N) is 1. The van der Waals surface area contributed by atoms with E-state index in [2.05, 4.69) is 5.32 Å². The molecule has 8 nitrogen and oxygen atoms in total. The molecule has 9 heteroatoms. The first-order chi connectivity index (χ1) is 13.2. The monoisotopic (exact) mass is 405 g/mol. The Hall–Kier alpha value is -2.52. The van der Waals surface area contributed by atoms with Crippen LogP contribution in [-0.2, 0) is 30.8 Å². The molecule has 3 rings (SSSR count). The summed E-state index contributed by atoms with van der Waals surface area (Å²) in [7, 11) is -3.74. The van der Waals surface area contributed by atoms with Crippen molar-refractivity contribution in [3.8, 4) is 0 Å². The fourth-order valence-electron chi connectivity index (χ4n) is 3.65. The van der Waals surface area contributed by atoms with Gasteiger partial charge in [0.1, 0.15) is 6.04 Å². The summed E-state index contributed by atoms with van der Waals surface area (Å²) in [5, 5.41) is 7.79. The van der Waals surface area contributed by atoms with Crippen molar-refractivity contribution in [3.05, 3.63) is 42.0 Å². The molecule has 1 aromatic rings. The van der Waals surface area contributed by atoms with E-state index >= 15 is 0 Å². The Kier molecular flexibility index (Phi) is 5.66. The molecule has 1 fully saturated rings. The van der Waals surface area contributed by atoms with E-state index in [-0.39, 0.29) is 28.5 Å². The van der Waals surface area contributed by atoms with Gasteiger partial charge >= 0.3 is 0 Å². The topological polar surface area (TPSA) is 127 Å². The van der Waals surface area contributed by atoms with Crippen molar-refractivity contribution in [2.24, 2.45) is 17.0 Å². The van der Waals surface area contributed by atoms with Crippen LogP contribution in [0.1, 0.15) is 25.3 Å². The third kappa shape index (κ3) is 4.00. The lowest BCUT2D eigenvalue weighted by molar-refractivity contribution is -0.147. The number of carbonyl (C=O) groups excluding carboxylic acids is 3. The second kappa shape index (κ2) is 7.84. The van der Waals surface area contributed by atoms with Crippen molar-refractivity contribution in [3.63, 3.8) is 0 Å². The lowest BCUT2D eigenvalue weighted by atomic mass is 9.85. The highest BCUT2D eigenvalue weighted by Crippen LogP contribution is 2.36. The Morgan fingerprint density at radius 3 is 2.18 bits per heavy atom. The van der Waals surface area contributed by atoms with Gasteiger partial charge in [0.15, 0.2) is 0 Å². The molecule has 3 N–H and O–H groups in total. The molecular formula is C19H23N3O5S. The summed E-state index contributed by atoms with van der Waals surface area (Å²) in [4.78, 5) is 38.6. The number of hydrogen-bond acceptors (Lipinski definition) is 5. The maximum Gasteiger partial charge on any atom is 0.243 e. The first kappa shape index (κ1) is 20.2. The summed E-state index contributed by atoms with van der Waals surface area (Å²) in [5.41, 5.74) is 0.825. The van der Waals surface area contributed by atoms with Crippen LogP contribution < -0.4 is 10.5 Å². The van der Waals surface area contributed by atoms with Crippen LogP contribution in [0.15, 0.2) is 41.3 Å². The van der Waals surface area contributed by atoms with Crippen molar-refractivity contribution < 1.29 is 22.8 Å². The molecule has 2 aliphatic rings. The Labute approximate surface area is 163 Å². The number of nitrogens with zero attached hydrogens (tertiary/aromatic N) is 1. The summed E-state index contributed by atoms with van der Waals surface area (Å²) >= 11 is 0. The van der Waals surface area contributed by atoms with E-state index in [1.165, 1.54) is 12.1 Å². The molecule has 0 bridgehead atoms. The van der Waals surface area contributed by atoms with Crippen LogP contribution >= 0.6 is 0 Å². The highest BCUT2D eigenvalue weighted by molar-refractivity contribution is 7.89. The highest BCUT2D eigenvalue weighted by Gasteiger charge is 2.49. The molecule has 3 atom stereocenters. The summed E-state index contributed by atoms with van der Waals surface area (Å²) in [6.45, 7) is 1.85. The number of amides is 3. The van der Waals surface area contributed by atoms with E-state index in [4.69, 9.17) is 5.14 Å². The van der Waals surface area contributed by atoms with Gasteiger partial charge in [-0.15, -0.1) is 0 Å². The largest absolute Gasteiger partial charge is 0.354 e. The predicted octanol–water partition coefficient (Wildman–Crippen LogP) is 0.332. The number of primary sulfonamides is 1. The lowest BCUT2D eigenvalue weighted by Gasteiger charge is -2.22. The number of carbonyl (C=O) groups is 3. The van der Waals surface area contributed by atoms with E-state index in [9.17, 15) is 22.8 Å². The summed E-state index contributed by atoms with van der Waals surface area (Å²) in [5.74, 6) is -1.66. The van der Waals surface area contributed by atoms with E-state index in [1.807, 2.05) is 12.2 Å². The minimum absolute atomic E-state index is 0.0240. The van der Waals surface area contributed by atoms with Gasteiger partial charge in [-0.05, 0) is 43.9 Å². The van der Waals surface area contributed by atoms with E-state index in [0.717, 1.165) is 10.5 Å². The van der Waals surface area contributed by atoms with Crippen molar-refractivity contribution in [1.29, 1.82) is 0 Å². The van der Waals surface area contributed by atoms with Crippen LogP contribution in [0.25, 0.3) is 0 Å². The zero-order valence-corrected chi connectivity index (χ0v) is 16.3. The number of sulfonamides is 1. The van der Waals surface area contributed by atoms with Crippen molar-refractivity contribution in [2.75, 3.05) is 6.54 Å². The number of hydrogen-bond donors (Lipinski definition) is 2. The molecule has 2 unspecified atom stereocenters. The van der Waals surface area contributed by atoms with Crippen LogP contribution in [0.3, 0.4) is 0 Å². The molecule has 1 aliphatic carbocycles. The molecule has 0 saturated carbocycles. The normalized spacial score (nSPS) is 22.9. The molecule has 1 aromatic carbocycles. The molecule has 1 heterocycles. The molecule has 0 radical (unpaired) electrons. The van der Waals surface area contributed by atoms with Crippen LogP contribution in [0.4, 0.5) is 0 Å². The number of allylic oxidation sites excluding steroid dienone is 2. The number of fused-ring (bicyclic) bond motifs is 1. The molecule has 0 aromatic heterocycles. The Morgan fingerprint density at radius 1 is 1.14 bits per heavy atom. The second-order valence-corrected chi connectivity index (χ2v) is 8.67. The quantitative estimate of drug-likeness (QED) is 0.521. The van der Waals surface area contributed by atoms with Gasteiger partial charge in [-0.25, -0.2) is 13.6 Å². The zero-order chi connectivity index (χ0) is 20.5. The number of imide groups is 1. The van der Waals surface area contributed by atoms with E-state index in [0.29, 0.717) is 25.8 Å². The number of benzene rings is 1. The number of rotatable bonds is 6. The molecule has 28 heavy (non-hydrogen) atoms. The standard InChI is InChI=1S/C19H23N3O5S/c1-12(22-18(24)15-4-2-3-5-16(15)19(22)25)17(23)21-11-10-13-6-8-14(9-7-13)28(20,26)27/h2-3,6-9,12,15-16H,4-5,10-11H2,1H3,(H,21,23)(H2,20,26,27)/t12-,15?,16?/m0/s1. The van der Waals surface area contributed by atoms with Gasteiger partial charge in [0.2, 0.25) is 27.7 Å². The molecule has 150 valence electrons. The summed E-state index contributed by atoms with van der Waals surface area (Å²) < 4.78 is 22.5. The third-order valence-electron chi connectivity index (χ3n) is 5.27. The Bertz CT molecular complexity index is 897. The first-order valence-electron chi connectivity index (χ1n) is 9.11. The smallest absolute Gasteiger partial charge is 0.243 e. The second-order valence-electron chi connectivity index (χ2n) is 7.11. The van der Waals surface area contributed by atoms with Gasteiger partial charge < -0.3 is 5.32 Å². The minimum atomic E-state index is -3.74. The van der Waals surface area contributed by atoms with Crippen LogP contribution in [0.5, 0.6) is 0 Å². The van der Waals surface area contributed by atoms with E-state index < -0.39 is 22.0 Å². The van der Waals surface area contributed by atoms with Gasteiger partial charge in [-0.3, -0.25) is 19.3 Å². The Balaban J connectivity index is 1.55. The molecule has 1 aliphatic heterocycles. The van der Waals surface area contributed by atoms with E-state index in [1.54, 1.807) is 19.1 Å². The lowest BCUT2D eigenvalue weighted by Crippen LogP contribution is -2.48. The fourth-order valence-corrected chi connectivity index (χ4v) is 4.16. The zero-order valence-electron chi connectivity index (χ0n) is 15.5. The summed E-state index contributed by atoms with van der Waals surface area (Å²) in [6.07, 6.45) is 5.35. The number of nitrogens with two attached hydrogens (primary N) is 1.